The summed E-state index contributed by atoms with van der Waals surface area (Å²) in [4.78, 5) is 25.9. The third-order valence-electron chi connectivity index (χ3n) is 4.84. The first-order valence-corrected chi connectivity index (χ1v) is 8.72. The summed E-state index contributed by atoms with van der Waals surface area (Å²) in [5.74, 6) is -1.20. The summed E-state index contributed by atoms with van der Waals surface area (Å²) in [6, 6.07) is 9.90. The molecule has 1 unspecified atom stereocenters. The third-order valence-corrected chi connectivity index (χ3v) is 4.84. The van der Waals surface area contributed by atoms with Crippen LogP contribution in [0.25, 0.3) is 5.69 Å². The highest BCUT2D eigenvalue weighted by Crippen LogP contribution is 2.25. The molecule has 0 bridgehead atoms. The Hall–Kier alpha value is -2.60. The number of benzene rings is 1. The Morgan fingerprint density at radius 1 is 1.15 bits per heavy atom. The average Bonchev–Trinajstić information content (AvgIpc) is 2.88. The van der Waals surface area contributed by atoms with Crippen molar-refractivity contribution < 1.29 is 19.4 Å². The highest BCUT2D eigenvalue weighted by Gasteiger charge is 2.34. The number of carbonyl (C=O) groups excluding carboxylic acids is 1. The molecule has 1 amide bonds. The summed E-state index contributed by atoms with van der Waals surface area (Å²) in [5.41, 5.74) is 4.59. The quantitative estimate of drug-likeness (QED) is 0.918. The summed E-state index contributed by atoms with van der Waals surface area (Å²) in [5, 5.41) is 9.24. The van der Waals surface area contributed by atoms with Gasteiger partial charge in [-0.15, -0.1) is 0 Å². The Morgan fingerprint density at radius 3 is 2.50 bits per heavy atom. The number of hydrogen-bond acceptors (Lipinski definition) is 3. The molecule has 6 heteroatoms. The summed E-state index contributed by atoms with van der Waals surface area (Å²) in [7, 11) is 0. The molecule has 1 aromatic carbocycles. The van der Waals surface area contributed by atoms with Gasteiger partial charge in [-0.25, -0.2) is 4.79 Å². The molecule has 0 spiro atoms. The first-order valence-electron chi connectivity index (χ1n) is 8.72. The maximum absolute atomic E-state index is 13.1. The highest BCUT2D eigenvalue weighted by molar-refractivity contribution is 5.96. The van der Waals surface area contributed by atoms with Gasteiger partial charge in [-0.1, -0.05) is 18.2 Å². The third kappa shape index (κ3) is 3.24. The van der Waals surface area contributed by atoms with Crippen LogP contribution in [0.3, 0.4) is 0 Å². The summed E-state index contributed by atoms with van der Waals surface area (Å²) < 4.78 is 7.48. The largest absolute Gasteiger partial charge is 0.479 e. The van der Waals surface area contributed by atoms with Gasteiger partial charge in [-0.2, -0.15) is 0 Å². The van der Waals surface area contributed by atoms with Crippen molar-refractivity contribution in [3.8, 4) is 5.69 Å². The lowest BCUT2D eigenvalue weighted by atomic mass is 10.1. The molecule has 3 rings (SSSR count). The normalized spacial score (nSPS) is 20.2. The molecule has 2 aromatic rings. The topological polar surface area (TPSA) is 71.8 Å². The van der Waals surface area contributed by atoms with Crippen molar-refractivity contribution in [2.24, 2.45) is 0 Å². The molecule has 1 N–H and O–H groups in total. The average molecular weight is 356 g/mol. The van der Waals surface area contributed by atoms with Crippen LogP contribution in [0.1, 0.15) is 34.2 Å². The number of morpholine rings is 1. The van der Waals surface area contributed by atoms with E-state index >= 15 is 0 Å². The van der Waals surface area contributed by atoms with Gasteiger partial charge >= 0.3 is 5.97 Å². The minimum Gasteiger partial charge on any atom is -0.479 e. The van der Waals surface area contributed by atoms with Gasteiger partial charge in [-0.05, 0) is 45.4 Å². The minimum atomic E-state index is -1.04. The lowest BCUT2D eigenvalue weighted by Gasteiger charge is -2.35. The molecule has 138 valence electrons. The summed E-state index contributed by atoms with van der Waals surface area (Å²) in [6.45, 7) is 8.16. The van der Waals surface area contributed by atoms with Crippen LogP contribution in [-0.4, -0.2) is 51.7 Å². The number of carbonyl (C=O) groups is 2. The molecule has 0 radical (unpaired) electrons. The number of amides is 1. The van der Waals surface area contributed by atoms with Gasteiger partial charge in [0.1, 0.15) is 0 Å². The molecule has 0 saturated carbocycles. The molecule has 2 atom stereocenters. The van der Waals surface area contributed by atoms with Crippen molar-refractivity contribution in [3.05, 3.63) is 52.8 Å². The molecular formula is C20H24N2O4. The van der Waals surface area contributed by atoms with Crippen LogP contribution in [0.4, 0.5) is 0 Å². The zero-order chi connectivity index (χ0) is 19.0. The van der Waals surface area contributed by atoms with Crippen molar-refractivity contribution in [1.29, 1.82) is 0 Å². The number of nitrogens with zero attached hydrogens (tertiary/aromatic N) is 2. The van der Waals surface area contributed by atoms with Gasteiger partial charge < -0.3 is 19.3 Å². The monoisotopic (exact) mass is 356 g/mol. The first kappa shape index (κ1) is 18.2. The standard InChI is InChI=1S/C20H24N2O4/c1-12-7-5-6-8-17(12)22-13(2)9-16(15(22)4)19(23)21-10-14(3)26-18(11-21)20(24)25/h5-9,14,18H,10-11H2,1-4H3,(H,24,25)/t14-,18?/m1/s1. The van der Waals surface area contributed by atoms with E-state index in [2.05, 4.69) is 4.57 Å². The molecule has 1 saturated heterocycles. The summed E-state index contributed by atoms with van der Waals surface area (Å²) >= 11 is 0. The number of carboxylic acid groups (broad SMARTS) is 1. The predicted octanol–water partition coefficient (Wildman–Crippen LogP) is 2.72. The van der Waals surface area contributed by atoms with E-state index in [1.54, 1.807) is 11.8 Å². The van der Waals surface area contributed by atoms with Gasteiger partial charge in [0.2, 0.25) is 0 Å². The van der Waals surface area contributed by atoms with Crippen LogP contribution in [0.2, 0.25) is 0 Å². The van der Waals surface area contributed by atoms with Crippen molar-refractivity contribution in [1.82, 2.24) is 9.47 Å². The van der Waals surface area contributed by atoms with E-state index in [1.165, 1.54) is 0 Å². The van der Waals surface area contributed by atoms with Gasteiger partial charge in [0.25, 0.3) is 5.91 Å². The zero-order valence-corrected chi connectivity index (χ0v) is 15.5. The molecule has 1 aliphatic heterocycles. The Labute approximate surface area is 153 Å². The highest BCUT2D eigenvalue weighted by atomic mass is 16.5. The van der Waals surface area contributed by atoms with E-state index in [9.17, 15) is 14.7 Å². The molecule has 1 fully saturated rings. The number of para-hydroxylation sites is 1. The number of hydrogen-bond donors (Lipinski definition) is 1. The zero-order valence-electron chi connectivity index (χ0n) is 15.5. The van der Waals surface area contributed by atoms with Crippen molar-refractivity contribution >= 4 is 11.9 Å². The van der Waals surface area contributed by atoms with E-state index in [4.69, 9.17) is 4.74 Å². The number of aromatic nitrogens is 1. The van der Waals surface area contributed by atoms with Crippen LogP contribution >= 0.6 is 0 Å². The second-order valence-electron chi connectivity index (χ2n) is 6.89. The van der Waals surface area contributed by atoms with Crippen molar-refractivity contribution in [3.63, 3.8) is 0 Å². The SMILES string of the molecule is Cc1ccccc1-n1c(C)cc(C(=O)N2CC(C(=O)O)O[C@H](C)C2)c1C. The van der Waals surface area contributed by atoms with Crippen LogP contribution in [0, 0.1) is 20.8 Å². The number of ether oxygens (including phenoxy) is 1. The van der Waals surface area contributed by atoms with Gasteiger partial charge in [0, 0.05) is 23.6 Å². The van der Waals surface area contributed by atoms with Gasteiger partial charge in [0.15, 0.2) is 6.10 Å². The van der Waals surface area contributed by atoms with Crippen molar-refractivity contribution in [2.75, 3.05) is 13.1 Å². The Morgan fingerprint density at radius 2 is 1.85 bits per heavy atom. The fraction of sp³-hybridized carbons (Fsp3) is 0.400. The summed E-state index contributed by atoms with van der Waals surface area (Å²) in [6.07, 6.45) is -1.30. The number of aryl methyl sites for hydroxylation is 2. The number of rotatable bonds is 3. The first-order chi connectivity index (χ1) is 12.3. The fourth-order valence-electron chi connectivity index (χ4n) is 3.59. The smallest absolute Gasteiger partial charge is 0.334 e. The van der Waals surface area contributed by atoms with E-state index < -0.39 is 12.1 Å². The van der Waals surface area contributed by atoms with Gasteiger partial charge in [-0.3, -0.25) is 4.79 Å². The van der Waals surface area contributed by atoms with Crippen LogP contribution < -0.4 is 0 Å². The maximum atomic E-state index is 13.1. The van der Waals surface area contributed by atoms with Gasteiger partial charge in [0.05, 0.1) is 18.2 Å². The van der Waals surface area contributed by atoms with Crippen LogP contribution in [0.15, 0.2) is 30.3 Å². The lowest BCUT2D eigenvalue weighted by molar-refractivity contribution is -0.160. The fourth-order valence-corrected chi connectivity index (χ4v) is 3.59. The molecule has 0 aliphatic carbocycles. The van der Waals surface area contributed by atoms with E-state index in [0.717, 1.165) is 22.6 Å². The van der Waals surface area contributed by atoms with Crippen LogP contribution in [0.5, 0.6) is 0 Å². The van der Waals surface area contributed by atoms with Crippen molar-refractivity contribution in [2.45, 2.75) is 39.9 Å². The number of carboxylic acids is 1. The predicted molar refractivity (Wildman–Crippen MR) is 97.9 cm³/mol. The molecule has 2 heterocycles. The number of aliphatic carboxylic acids is 1. The second kappa shape index (κ2) is 6.96. The van der Waals surface area contributed by atoms with E-state index in [-0.39, 0.29) is 18.6 Å². The maximum Gasteiger partial charge on any atom is 0.334 e. The Bertz CT molecular complexity index is 855. The Kier molecular flexibility index (Phi) is 4.87. The molecular weight excluding hydrogens is 332 g/mol. The Balaban J connectivity index is 1.95. The van der Waals surface area contributed by atoms with Crippen LogP contribution in [-0.2, 0) is 9.53 Å². The molecule has 1 aromatic heterocycles. The minimum absolute atomic E-state index is 0.0620. The van der Waals surface area contributed by atoms with E-state index in [0.29, 0.717) is 12.1 Å². The molecule has 26 heavy (non-hydrogen) atoms. The lowest BCUT2D eigenvalue weighted by Crippen LogP contribution is -2.51. The molecule has 6 nitrogen and oxygen atoms in total. The second-order valence-corrected chi connectivity index (χ2v) is 6.89. The van der Waals surface area contributed by atoms with E-state index in [1.807, 2.05) is 51.1 Å². The molecule has 1 aliphatic rings.